The molecule has 3 atom stereocenters. The lowest BCUT2D eigenvalue weighted by molar-refractivity contribution is -0.131. The zero-order valence-electron chi connectivity index (χ0n) is 19.5. The number of halogens is 4. The van der Waals surface area contributed by atoms with E-state index >= 15 is 0 Å². The van der Waals surface area contributed by atoms with E-state index in [0.29, 0.717) is 16.6 Å². The highest BCUT2D eigenvalue weighted by Crippen LogP contribution is 2.44. The molecule has 0 saturated carbocycles. The monoisotopic (exact) mass is 547 g/mol. The van der Waals surface area contributed by atoms with E-state index in [1.165, 1.54) is 0 Å². The molecular formula is C26H21F4N3O4S. The molecule has 0 fully saturated rings. The second-order valence-electron chi connectivity index (χ2n) is 8.43. The third-order valence-corrected chi connectivity index (χ3v) is 7.06. The Kier molecular flexibility index (Phi) is 8.32. The number of hydrogen-bond donors (Lipinski definition) is 4. The topological polar surface area (TPSA) is 108 Å². The number of thioether (sulfide) groups is 1. The molecule has 7 nitrogen and oxygen atoms in total. The number of anilines is 1. The van der Waals surface area contributed by atoms with Crippen molar-refractivity contribution in [2.24, 2.45) is 0 Å². The summed E-state index contributed by atoms with van der Waals surface area (Å²) in [4.78, 5) is 39.1. The van der Waals surface area contributed by atoms with Crippen molar-refractivity contribution in [1.29, 1.82) is 0 Å². The van der Waals surface area contributed by atoms with Crippen LogP contribution in [0.1, 0.15) is 16.4 Å². The molecule has 38 heavy (non-hydrogen) atoms. The molecule has 0 saturated heterocycles. The number of para-hydroxylation sites is 1. The summed E-state index contributed by atoms with van der Waals surface area (Å²) < 4.78 is 55.7. The Morgan fingerprint density at radius 3 is 2.39 bits per heavy atom. The molecule has 0 aromatic heterocycles. The van der Waals surface area contributed by atoms with Gasteiger partial charge in [0.15, 0.2) is 0 Å². The maximum Gasteiger partial charge on any atom is 0.248 e. The maximum atomic E-state index is 14.8. The Labute approximate surface area is 218 Å². The minimum atomic E-state index is -1.55. The molecular weight excluding hydrogens is 526 g/mol. The summed E-state index contributed by atoms with van der Waals surface area (Å²) in [6.07, 6.45) is -0.495. The van der Waals surface area contributed by atoms with Gasteiger partial charge in [-0.1, -0.05) is 12.1 Å². The van der Waals surface area contributed by atoms with Gasteiger partial charge in [-0.15, -0.1) is 11.8 Å². The van der Waals surface area contributed by atoms with Crippen molar-refractivity contribution in [3.8, 4) is 0 Å². The van der Waals surface area contributed by atoms with Crippen LogP contribution >= 0.6 is 11.8 Å². The van der Waals surface area contributed by atoms with Crippen molar-refractivity contribution in [3.63, 3.8) is 0 Å². The highest BCUT2D eigenvalue weighted by Gasteiger charge is 2.38. The van der Waals surface area contributed by atoms with Crippen LogP contribution in [0.3, 0.4) is 0 Å². The van der Waals surface area contributed by atoms with Gasteiger partial charge in [-0.2, -0.15) is 0 Å². The SMILES string of the molecule is O=C(Cc1cc(F)cc(F)c1)N[C@@H](CO)C(=O)NC1C(=O)Nc2ccccc2S[C@@H]1c1cc(F)ccc1F. The number of aliphatic hydroxyl groups is 1. The van der Waals surface area contributed by atoms with Gasteiger partial charge in [0.05, 0.1) is 24.0 Å². The summed E-state index contributed by atoms with van der Waals surface area (Å²) in [5.74, 6) is -5.88. The highest BCUT2D eigenvalue weighted by molar-refractivity contribution is 7.99. The number of benzene rings is 3. The number of amides is 3. The van der Waals surface area contributed by atoms with Crippen LogP contribution in [0, 0.1) is 23.3 Å². The van der Waals surface area contributed by atoms with Crippen molar-refractivity contribution in [2.45, 2.75) is 28.6 Å². The molecule has 198 valence electrons. The molecule has 0 radical (unpaired) electrons. The summed E-state index contributed by atoms with van der Waals surface area (Å²) in [6.45, 7) is -0.879. The third kappa shape index (κ3) is 6.32. The van der Waals surface area contributed by atoms with Crippen LogP contribution in [-0.4, -0.2) is 41.5 Å². The molecule has 0 aliphatic carbocycles. The van der Waals surface area contributed by atoms with Gasteiger partial charge in [0.25, 0.3) is 0 Å². The van der Waals surface area contributed by atoms with Crippen LogP contribution in [0.5, 0.6) is 0 Å². The summed E-state index contributed by atoms with van der Waals surface area (Å²) in [5.41, 5.74) is 0.219. The van der Waals surface area contributed by atoms with E-state index in [4.69, 9.17) is 0 Å². The summed E-state index contributed by atoms with van der Waals surface area (Å²) in [5, 5.41) is 15.9. The van der Waals surface area contributed by atoms with Gasteiger partial charge in [0.2, 0.25) is 17.7 Å². The average molecular weight is 548 g/mol. The molecule has 4 rings (SSSR count). The molecule has 12 heteroatoms. The van der Waals surface area contributed by atoms with E-state index in [0.717, 1.165) is 42.1 Å². The standard InChI is InChI=1S/C26H21F4N3O4S/c27-14-5-6-18(30)17(11-14)24-23(26(37)32-19-3-1-2-4-21(19)38-24)33-25(36)20(12-34)31-22(35)9-13-7-15(28)10-16(29)8-13/h1-8,10-11,20,23-24,34H,9,12H2,(H,31,35)(H,32,37)(H,33,36)/t20-,23?,24+/m0/s1. The molecule has 3 aromatic rings. The van der Waals surface area contributed by atoms with E-state index in [1.807, 2.05) is 0 Å². The predicted molar refractivity (Wildman–Crippen MR) is 131 cm³/mol. The van der Waals surface area contributed by atoms with Crippen LogP contribution in [0.4, 0.5) is 23.2 Å². The molecule has 1 aliphatic heterocycles. The van der Waals surface area contributed by atoms with Crippen LogP contribution < -0.4 is 16.0 Å². The Hall–Kier alpha value is -3.90. The van der Waals surface area contributed by atoms with Gasteiger partial charge >= 0.3 is 0 Å². The fourth-order valence-electron chi connectivity index (χ4n) is 3.93. The third-order valence-electron chi connectivity index (χ3n) is 5.67. The zero-order chi connectivity index (χ0) is 27.4. The first-order chi connectivity index (χ1) is 18.1. The number of rotatable bonds is 7. The molecule has 0 spiro atoms. The molecule has 1 heterocycles. The van der Waals surface area contributed by atoms with Crippen LogP contribution in [0.15, 0.2) is 65.6 Å². The lowest BCUT2D eigenvalue weighted by Gasteiger charge is -2.27. The number of aliphatic hydroxyl groups excluding tert-OH is 1. The second kappa shape index (κ2) is 11.7. The summed E-state index contributed by atoms with van der Waals surface area (Å²) >= 11 is 1.02. The Bertz CT molecular complexity index is 1370. The van der Waals surface area contributed by atoms with Gasteiger partial charge in [-0.05, 0) is 48.0 Å². The van der Waals surface area contributed by atoms with Gasteiger partial charge in [-0.25, -0.2) is 17.6 Å². The minimum Gasteiger partial charge on any atom is -0.394 e. The van der Waals surface area contributed by atoms with Gasteiger partial charge in [0.1, 0.15) is 35.4 Å². The average Bonchev–Trinajstić information content (AvgIpc) is 2.99. The molecule has 3 aromatic carbocycles. The van der Waals surface area contributed by atoms with Gasteiger partial charge in [-0.3, -0.25) is 14.4 Å². The fraction of sp³-hybridized carbons (Fsp3) is 0.192. The first kappa shape index (κ1) is 27.1. The number of nitrogens with one attached hydrogen (secondary N) is 3. The van der Waals surface area contributed by atoms with Crippen LogP contribution in [-0.2, 0) is 20.8 Å². The van der Waals surface area contributed by atoms with E-state index in [-0.39, 0.29) is 11.1 Å². The van der Waals surface area contributed by atoms with E-state index < -0.39 is 71.4 Å². The normalized spacial score (nSPS) is 17.6. The van der Waals surface area contributed by atoms with Crippen molar-refractivity contribution >= 4 is 35.2 Å². The van der Waals surface area contributed by atoms with Crippen LogP contribution in [0.2, 0.25) is 0 Å². The van der Waals surface area contributed by atoms with E-state index in [1.54, 1.807) is 24.3 Å². The number of hydrogen-bond acceptors (Lipinski definition) is 5. The van der Waals surface area contributed by atoms with Crippen LogP contribution in [0.25, 0.3) is 0 Å². The van der Waals surface area contributed by atoms with E-state index in [2.05, 4.69) is 16.0 Å². The number of fused-ring (bicyclic) bond motifs is 1. The van der Waals surface area contributed by atoms with Crippen molar-refractivity contribution in [1.82, 2.24) is 10.6 Å². The Morgan fingerprint density at radius 1 is 0.974 bits per heavy atom. The summed E-state index contributed by atoms with van der Waals surface area (Å²) in [6, 6.07) is 8.91. The predicted octanol–water partition coefficient (Wildman–Crippen LogP) is 3.23. The van der Waals surface area contributed by atoms with Gasteiger partial charge < -0.3 is 21.1 Å². The zero-order valence-corrected chi connectivity index (χ0v) is 20.3. The molecule has 1 unspecified atom stereocenters. The summed E-state index contributed by atoms with van der Waals surface area (Å²) in [7, 11) is 0. The number of carbonyl (C=O) groups excluding carboxylic acids is 3. The lowest BCUT2D eigenvalue weighted by atomic mass is 10.0. The first-order valence-corrected chi connectivity index (χ1v) is 12.2. The molecule has 0 bridgehead atoms. The smallest absolute Gasteiger partial charge is 0.248 e. The van der Waals surface area contributed by atoms with Crippen molar-refractivity contribution < 1.29 is 37.1 Å². The Balaban J connectivity index is 1.57. The molecule has 4 N–H and O–H groups in total. The lowest BCUT2D eigenvalue weighted by Crippen LogP contribution is -2.55. The minimum absolute atomic E-state index is 0.00366. The maximum absolute atomic E-state index is 14.8. The number of carbonyl (C=O) groups is 3. The fourth-order valence-corrected chi connectivity index (χ4v) is 5.25. The Morgan fingerprint density at radius 2 is 1.68 bits per heavy atom. The van der Waals surface area contributed by atoms with Gasteiger partial charge in [0, 0.05) is 16.5 Å². The second-order valence-corrected chi connectivity index (χ2v) is 9.62. The molecule has 1 aliphatic rings. The molecule has 3 amide bonds. The quantitative estimate of drug-likeness (QED) is 0.340. The largest absolute Gasteiger partial charge is 0.394 e. The van der Waals surface area contributed by atoms with E-state index in [9.17, 15) is 37.1 Å². The highest BCUT2D eigenvalue weighted by atomic mass is 32.2. The van der Waals surface area contributed by atoms with Crippen molar-refractivity contribution in [3.05, 3.63) is 95.1 Å². The van der Waals surface area contributed by atoms with Crippen molar-refractivity contribution in [2.75, 3.05) is 11.9 Å². The first-order valence-electron chi connectivity index (χ1n) is 11.3.